The van der Waals surface area contributed by atoms with Gasteiger partial charge in [0.2, 0.25) is 0 Å². The van der Waals surface area contributed by atoms with Gasteiger partial charge >= 0.3 is 0 Å². The smallest absolute Gasteiger partial charge is 0.189 e. The number of hydrogen-bond acceptors (Lipinski definition) is 3. The molecule has 4 rings (SSSR count). The Labute approximate surface area is 192 Å². The zero-order valence-electron chi connectivity index (χ0n) is 15.8. The fourth-order valence-corrected chi connectivity index (χ4v) is 4.63. The fraction of sp³-hybridized carbons (Fsp3) is 0.0833. The van der Waals surface area contributed by atoms with Crippen LogP contribution >= 0.6 is 43.6 Å². The second-order valence-corrected chi connectivity index (χ2v) is 9.39. The molecule has 0 radical (unpaired) electrons. The molecule has 0 saturated heterocycles. The molecule has 1 aromatic heterocycles. The van der Waals surface area contributed by atoms with Crippen LogP contribution in [0.1, 0.15) is 11.1 Å². The third-order valence-corrected chi connectivity index (χ3v) is 6.71. The Balaban J connectivity index is 1.72. The molecule has 4 aromatic rings. The molecule has 1 heterocycles. The molecular weight excluding hydrogens is 508 g/mol. The lowest BCUT2D eigenvalue weighted by molar-refractivity contribution is 0.977. The van der Waals surface area contributed by atoms with Crippen molar-refractivity contribution in [2.75, 3.05) is 0 Å². The van der Waals surface area contributed by atoms with Crippen LogP contribution in [0, 0.1) is 6.92 Å². The lowest BCUT2D eigenvalue weighted by Gasteiger charge is -2.10. The van der Waals surface area contributed by atoms with E-state index in [9.17, 15) is 0 Å². The van der Waals surface area contributed by atoms with Gasteiger partial charge in [-0.05, 0) is 36.8 Å². The van der Waals surface area contributed by atoms with Crippen molar-refractivity contribution in [1.29, 1.82) is 0 Å². The van der Waals surface area contributed by atoms with Crippen LogP contribution in [0.5, 0.6) is 0 Å². The first-order valence-electron chi connectivity index (χ1n) is 9.17. The normalized spacial score (nSPS) is 10.9. The van der Waals surface area contributed by atoms with Crippen molar-refractivity contribution in [3.8, 4) is 22.5 Å². The van der Waals surface area contributed by atoms with E-state index in [1.807, 2.05) is 18.2 Å². The van der Waals surface area contributed by atoms with E-state index in [2.05, 4.69) is 99.4 Å². The molecule has 3 aromatic carbocycles. The van der Waals surface area contributed by atoms with Gasteiger partial charge in [0.05, 0.1) is 11.4 Å². The van der Waals surface area contributed by atoms with Gasteiger partial charge < -0.3 is 0 Å². The SMILES string of the molecule is Cc1ccc(-c2cc(-c3ccc(Br)cc3)nc(SCc3ccccc3Br)n2)cc1. The second-order valence-electron chi connectivity index (χ2n) is 6.67. The van der Waals surface area contributed by atoms with Crippen molar-refractivity contribution in [2.24, 2.45) is 0 Å². The van der Waals surface area contributed by atoms with Gasteiger partial charge in [0.15, 0.2) is 5.16 Å². The van der Waals surface area contributed by atoms with E-state index in [1.54, 1.807) is 11.8 Å². The summed E-state index contributed by atoms with van der Waals surface area (Å²) in [6.07, 6.45) is 0. The Bertz CT molecular complexity index is 1060. The van der Waals surface area contributed by atoms with Crippen molar-refractivity contribution in [2.45, 2.75) is 17.8 Å². The van der Waals surface area contributed by atoms with Crippen molar-refractivity contribution in [3.05, 3.63) is 98.9 Å². The van der Waals surface area contributed by atoms with Crippen LogP contribution < -0.4 is 0 Å². The predicted octanol–water partition coefficient (Wildman–Crippen LogP) is 7.94. The number of halogens is 2. The Kier molecular flexibility index (Phi) is 6.48. The molecule has 0 unspecified atom stereocenters. The molecule has 144 valence electrons. The molecule has 2 nitrogen and oxygen atoms in total. The summed E-state index contributed by atoms with van der Waals surface area (Å²) in [6, 6.07) is 27.0. The lowest BCUT2D eigenvalue weighted by Crippen LogP contribution is -1.95. The maximum atomic E-state index is 4.85. The average molecular weight is 526 g/mol. The first-order valence-corrected chi connectivity index (χ1v) is 11.7. The maximum absolute atomic E-state index is 4.85. The molecule has 0 N–H and O–H groups in total. The highest BCUT2D eigenvalue weighted by Crippen LogP contribution is 2.30. The van der Waals surface area contributed by atoms with E-state index in [0.717, 1.165) is 42.4 Å². The van der Waals surface area contributed by atoms with Crippen LogP contribution in [-0.2, 0) is 5.75 Å². The van der Waals surface area contributed by atoms with Gasteiger partial charge in [0.1, 0.15) is 0 Å². The number of rotatable bonds is 5. The number of aryl methyl sites for hydroxylation is 1. The molecule has 0 aliphatic rings. The van der Waals surface area contributed by atoms with E-state index in [1.165, 1.54) is 11.1 Å². The zero-order valence-corrected chi connectivity index (χ0v) is 19.8. The molecule has 0 spiro atoms. The minimum Gasteiger partial charge on any atom is -0.222 e. The van der Waals surface area contributed by atoms with Crippen molar-refractivity contribution >= 4 is 43.6 Å². The highest BCUT2D eigenvalue weighted by molar-refractivity contribution is 9.10. The number of thioether (sulfide) groups is 1. The van der Waals surface area contributed by atoms with Crippen LogP contribution in [0.25, 0.3) is 22.5 Å². The first-order chi connectivity index (χ1) is 14.1. The minimum absolute atomic E-state index is 0.775. The summed E-state index contributed by atoms with van der Waals surface area (Å²) in [7, 11) is 0. The summed E-state index contributed by atoms with van der Waals surface area (Å²) in [5.41, 5.74) is 6.50. The molecular formula is C24H18Br2N2S. The highest BCUT2D eigenvalue weighted by Gasteiger charge is 2.10. The van der Waals surface area contributed by atoms with E-state index in [-0.39, 0.29) is 0 Å². The van der Waals surface area contributed by atoms with Crippen LogP contribution in [0.2, 0.25) is 0 Å². The van der Waals surface area contributed by atoms with E-state index in [4.69, 9.17) is 9.97 Å². The molecule has 0 saturated carbocycles. The minimum atomic E-state index is 0.775. The van der Waals surface area contributed by atoms with Gasteiger partial charge in [0.25, 0.3) is 0 Å². The van der Waals surface area contributed by atoms with Crippen molar-refractivity contribution in [3.63, 3.8) is 0 Å². The third kappa shape index (κ3) is 5.16. The first kappa shape index (κ1) is 20.3. The topological polar surface area (TPSA) is 25.8 Å². The number of nitrogens with zero attached hydrogens (tertiary/aromatic N) is 2. The third-order valence-electron chi connectivity index (χ3n) is 4.51. The van der Waals surface area contributed by atoms with Gasteiger partial charge in [-0.2, -0.15) is 0 Å². The van der Waals surface area contributed by atoms with Gasteiger partial charge in [0, 0.05) is 25.8 Å². The number of benzene rings is 3. The molecule has 0 aliphatic heterocycles. The molecule has 5 heteroatoms. The number of hydrogen-bond donors (Lipinski definition) is 0. The van der Waals surface area contributed by atoms with E-state index < -0.39 is 0 Å². The molecule has 29 heavy (non-hydrogen) atoms. The summed E-state index contributed by atoms with van der Waals surface area (Å²) in [4.78, 5) is 9.69. The standard InChI is InChI=1S/C24H18Br2N2S/c1-16-6-8-17(9-7-16)22-14-23(18-10-12-20(25)13-11-18)28-24(27-22)29-15-19-4-2-3-5-21(19)26/h2-14H,15H2,1H3. The zero-order chi connectivity index (χ0) is 20.2. The Morgan fingerprint density at radius 3 is 1.97 bits per heavy atom. The quantitative estimate of drug-likeness (QED) is 0.195. The molecule has 0 aliphatic carbocycles. The summed E-state index contributed by atoms with van der Waals surface area (Å²) in [5, 5.41) is 0.775. The Hall–Kier alpha value is -1.95. The summed E-state index contributed by atoms with van der Waals surface area (Å²) >= 11 is 8.78. The van der Waals surface area contributed by atoms with Gasteiger partial charge in [-0.3, -0.25) is 0 Å². The maximum Gasteiger partial charge on any atom is 0.189 e. The van der Waals surface area contributed by atoms with Crippen molar-refractivity contribution in [1.82, 2.24) is 9.97 Å². The van der Waals surface area contributed by atoms with Crippen LogP contribution in [0.3, 0.4) is 0 Å². The Morgan fingerprint density at radius 2 is 1.34 bits per heavy atom. The summed E-state index contributed by atoms with van der Waals surface area (Å²) in [5.74, 6) is 0.804. The van der Waals surface area contributed by atoms with E-state index in [0.29, 0.717) is 0 Å². The highest BCUT2D eigenvalue weighted by atomic mass is 79.9. The predicted molar refractivity (Wildman–Crippen MR) is 129 cm³/mol. The number of aromatic nitrogens is 2. The molecule has 0 atom stereocenters. The van der Waals surface area contributed by atoms with Gasteiger partial charge in [-0.1, -0.05) is 104 Å². The molecule has 0 fully saturated rings. The molecule has 0 amide bonds. The van der Waals surface area contributed by atoms with Crippen LogP contribution in [0.15, 0.2) is 93.0 Å². The van der Waals surface area contributed by atoms with Crippen LogP contribution in [-0.4, -0.2) is 9.97 Å². The molecule has 0 bridgehead atoms. The Morgan fingerprint density at radius 1 is 0.759 bits per heavy atom. The largest absolute Gasteiger partial charge is 0.222 e. The monoisotopic (exact) mass is 524 g/mol. The second kappa shape index (κ2) is 9.24. The average Bonchev–Trinajstić information content (AvgIpc) is 2.74. The lowest BCUT2D eigenvalue weighted by atomic mass is 10.1. The van der Waals surface area contributed by atoms with Crippen molar-refractivity contribution < 1.29 is 0 Å². The summed E-state index contributed by atoms with van der Waals surface area (Å²) < 4.78 is 2.16. The fourth-order valence-electron chi connectivity index (χ4n) is 2.89. The summed E-state index contributed by atoms with van der Waals surface area (Å²) in [6.45, 7) is 2.09. The van der Waals surface area contributed by atoms with Gasteiger partial charge in [-0.15, -0.1) is 0 Å². The van der Waals surface area contributed by atoms with E-state index >= 15 is 0 Å². The van der Waals surface area contributed by atoms with Crippen LogP contribution in [0.4, 0.5) is 0 Å². The van der Waals surface area contributed by atoms with Gasteiger partial charge in [-0.25, -0.2) is 9.97 Å².